The lowest BCUT2D eigenvalue weighted by molar-refractivity contribution is 0.565. The molecule has 0 fully saturated rings. The normalized spacial score (nSPS) is 9.33. The standard InChI is InChI=1S/C11H7N3O/c15-8-14-10-6-12-11(13-7-10)9-4-2-1-3-5-9/h1-7H. The molecule has 1 aromatic carbocycles. The molecule has 0 saturated carbocycles. The Balaban J connectivity index is 2.36. The first-order valence-electron chi connectivity index (χ1n) is 4.35. The van der Waals surface area contributed by atoms with E-state index in [2.05, 4.69) is 15.0 Å². The zero-order valence-corrected chi connectivity index (χ0v) is 7.79. The smallest absolute Gasteiger partial charge is 0.234 e. The molecule has 4 nitrogen and oxygen atoms in total. The van der Waals surface area contributed by atoms with Crippen molar-refractivity contribution in [2.75, 3.05) is 0 Å². The van der Waals surface area contributed by atoms with Crippen molar-refractivity contribution >= 4 is 11.8 Å². The minimum absolute atomic E-state index is 0.407. The van der Waals surface area contributed by atoms with Crippen molar-refractivity contribution in [1.82, 2.24) is 9.97 Å². The summed E-state index contributed by atoms with van der Waals surface area (Å²) in [6.07, 6.45) is 4.41. The van der Waals surface area contributed by atoms with Crippen molar-refractivity contribution in [2.24, 2.45) is 4.99 Å². The Kier molecular flexibility index (Phi) is 2.63. The third-order valence-corrected chi connectivity index (χ3v) is 1.84. The summed E-state index contributed by atoms with van der Waals surface area (Å²) in [7, 11) is 0. The number of rotatable bonds is 2. The maximum atomic E-state index is 9.98. The third kappa shape index (κ3) is 2.13. The SMILES string of the molecule is O=C=Nc1cnc(-c2ccccc2)nc1. The molecule has 0 amide bonds. The van der Waals surface area contributed by atoms with Crippen molar-refractivity contribution < 1.29 is 4.79 Å². The lowest BCUT2D eigenvalue weighted by Crippen LogP contribution is -1.86. The minimum Gasteiger partial charge on any atom is -0.234 e. The van der Waals surface area contributed by atoms with Crippen LogP contribution in [-0.2, 0) is 4.79 Å². The summed E-state index contributed by atoms with van der Waals surface area (Å²) in [6, 6.07) is 9.58. The van der Waals surface area contributed by atoms with E-state index < -0.39 is 0 Å². The van der Waals surface area contributed by atoms with Gasteiger partial charge in [-0.05, 0) is 0 Å². The molecule has 15 heavy (non-hydrogen) atoms. The highest BCUT2D eigenvalue weighted by Crippen LogP contribution is 2.15. The van der Waals surface area contributed by atoms with Gasteiger partial charge in [-0.3, -0.25) is 0 Å². The lowest BCUT2D eigenvalue weighted by atomic mass is 10.2. The third-order valence-electron chi connectivity index (χ3n) is 1.84. The maximum Gasteiger partial charge on any atom is 0.240 e. The van der Waals surface area contributed by atoms with Crippen LogP contribution in [-0.4, -0.2) is 16.0 Å². The van der Waals surface area contributed by atoms with Crippen molar-refractivity contribution in [3.05, 3.63) is 42.7 Å². The van der Waals surface area contributed by atoms with Gasteiger partial charge in [0.2, 0.25) is 6.08 Å². The molecule has 0 aliphatic heterocycles. The fourth-order valence-electron chi connectivity index (χ4n) is 1.17. The summed E-state index contributed by atoms with van der Waals surface area (Å²) in [5, 5.41) is 0. The number of benzene rings is 1. The average molecular weight is 197 g/mol. The fourth-order valence-corrected chi connectivity index (χ4v) is 1.17. The zero-order chi connectivity index (χ0) is 10.5. The van der Waals surface area contributed by atoms with E-state index in [1.165, 1.54) is 18.5 Å². The molecule has 1 aromatic heterocycles. The van der Waals surface area contributed by atoms with Gasteiger partial charge in [0.15, 0.2) is 5.82 Å². The molecule has 0 unspecified atom stereocenters. The number of nitrogens with zero attached hydrogens (tertiary/aromatic N) is 3. The number of hydrogen-bond donors (Lipinski definition) is 0. The van der Waals surface area contributed by atoms with Crippen molar-refractivity contribution in [3.8, 4) is 11.4 Å². The monoisotopic (exact) mass is 197 g/mol. The first kappa shape index (κ1) is 9.24. The van der Waals surface area contributed by atoms with Gasteiger partial charge in [-0.25, -0.2) is 14.8 Å². The molecule has 0 radical (unpaired) electrons. The van der Waals surface area contributed by atoms with Gasteiger partial charge < -0.3 is 0 Å². The largest absolute Gasteiger partial charge is 0.240 e. The van der Waals surface area contributed by atoms with Crippen molar-refractivity contribution in [1.29, 1.82) is 0 Å². The van der Waals surface area contributed by atoms with Crippen LogP contribution in [0.4, 0.5) is 5.69 Å². The number of aromatic nitrogens is 2. The molecule has 1 heterocycles. The van der Waals surface area contributed by atoms with E-state index in [-0.39, 0.29) is 0 Å². The fraction of sp³-hybridized carbons (Fsp3) is 0. The second kappa shape index (κ2) is 4.26. The first-order valence-corrected chi connectivity index (χ1v) is 4.35. The van der Waals surface area contributed by atoms with Gasteiger partial charge in [0, 0.05) is 5.56 Å². The molecule has 0 atom stereocenters. The van der Waals surface area contributed by atoms with Crippen LogP contribution in [0.25, 0.3) is 11.4 Å². The molecule has 0 bridgehead atoms. The Morgan fingerprint density at radius 1 is 1.07 bits per heavy atom. The van der Waals surface area contributed by atoms with E-state index in [4.69, 9.17) is 0 Å². The zero-order valence-electron chi connectivity index (χ0n) is 7.79. The number of hydrogen-bond acceptors (Lipinski definition) is 4. The van der Waals surface area contributed by atoms with Crippen LogP contribution in [0.15, 0.2) is 47.7 Å². The van der Waals surface area contributed by atoms with E-state index in [9.17, 15) is 4.79 Å². The predicted octanol–water partition coefficient (Wildman–Crippen LogP) is 2.11. The quantitative estimate of drug-likeness (QED) is 0.547. The van der Waals surface area contributed by atoms with E-state index in [1.807, 2.05) is 30.3 Å². The number of isocyanates is 1. The summed E-state index contributed by atoms with van der Waals surface area (Å²) >= 11 is 0. The van der Waals surface area contributed by atoms with Crippen LogP contribution in [0.1, 0.15) is 0 Å². The Morgan fingerprint density at radius 2 is 1.73 bits per heavy atom. The summed E-state index contributed by atoms with van der Waals surface area (Å²) in [4.78, 5) is 21.6. The first-order chi connectivity index (χ1) is 7.40. The topological polar surface area (TPSA) is 55.2 Å². The van der Waals surface area contributed by atoms with Gasteiger partial charge in [0.05, 0.1) is 12.4 Å². The van der Waals surface area contributed by atoms with Crippen molar-refractivity contribution in [2.45, 2.75) is 0 Å². The molecule has 4 heteroatoms. The van der Waals surface area contributed by atoms with E-state index >= 15 is 0 Å². The van der Waals surface area contributed by atoms with E-state index in [0.717, 1.165) is 5.56 Å². The van der Waals surface area contributed by atoms with Gasteiger partial charge >= 0.3 is 0 Å². The highest BCUT2D eigenvalue weighted by Gasteiger charge is 1.99. The molecule has 2 rings (SSSR count). The predicted molar refractivity (Wildman–Crippen MR) is 55.2 cm³/mol. The Hall–Kier alpha value is -2.32. The van der Waals surface area contributed by atoms with E-state index in [1.54, 1.807) is 0 Å². The molecule has 0 saturated heterocycles. The van der Waals surface area contributed by atoms with Gasteiger partial charge in [0.25, 0.3) is 0 Å². The van der Waals surface area contributed by atoms with Gasteiger partial charge in [0.1, 0.15) is 5.69 Å². The van der Waals surface area contributed by atoms with Gasteiger partial charge in [-0.15, -0.1) is 0 Å². The second-order valence-electron chi connectivity index (χ2n) is 2.83. The Labute approximate surface area is 86.3 Å². The molecule has 0 N–H and O–H groups in total. The number of carbonyl (C=O) groups excluding carboxylic acids is 1. The molecule has 0 spiro atoms. The summed E-state index contributed by atoms with van der Waals surface area (Å²) in [5.74, 6) is 0.612. The molecule has 72 valence electrons. The van der Waals surface area contributed by atoms with Crippen molar-refractivity contribution in [3.63, 3.8) is 0 Å². The van der Waals surface area contributed by atoms with Crippen LogP contribution in [0, 0.1) is 0 Å². The minimum atomic E-state index is 0.407. The van der Waals surface area contributed by atoms with Crippen LogP contribution in [0.5, 0.6) is 0 Å². The van der Waals surface area contributed by atoms with Crippen LogP contribution < -0.4 is 0 Å². The van der Waals surface area contributed by atoms with Gasteiger partial charge in [-0.1, -0.05) is 30.3 Å². The molecule has 0 aliphatic rings. The average Bonchev–Trinajstić information content (AvgIpc) is 2.32. The number of aliphatic imine (C=N–C) groups is 1. The molecule has 0 aliphatic carbocycles. The summed E-state index contributed by atoms with van der Waals surface area (Å²) < 4.78 is 0. The summed E-state index contributed by atoms with van der Waals surface area (Å²) in [6.45, 7) is 0. The molecular formula is C11H7N3O. The lowest BCUT2D eigenvalue weighted by Gasteiger charge is -1.98. The maximum absolute atomic E-state index is 9.98. The Morgan fingerprint density at radius 3 is 2.33 bits per heavy atom. The Bertz CT molecular complexity index is 487. The highest BCUT2D eigenvalue weighted by atomic mass is 16.1. The van der Waals surface area contributed by atoms with Crippen LogP contribution >= 0.6 is 0 Å². The summed E-state index contributed by atoms with van der Waals surface area (Å²) in [5.41, 5.74) is 1.34. The van der Waals surface area contributed by atoms with E-state index in [0.29, 0.717) is 11.5 Å². The van der Waals surface area contributed by atoms with Crippen LogP contribution in [0.2, 0.25) is 0 Å². The van der Waals surface area contributed by atoms with Crippen LogP contribution in [0.3, 0.4) is 0 Å². The highest BCUT2D eigenvalue weighted by molar-refractivity contribution is 5.56. The molecule has 2 aromatic rings. The second-order valence-corrected chi connectivity index (χ2v) is 2.83. The molecular weight excluding hydrogens is 190 g/mol. The van der Waals surface area contributed by atoms with Gasteiger partial charge in [-0.2, -0.15) is 4.99 Å².